The first-order valence-corrected chi connectivity index (χ1v) is 34.1. The van der Waals surface area contributed by atoms with Crippen LogP contribution in [-0.2, 0) is 114 Å². The quantitative estimate of drug-likeness (QED) is 0.0765. The Balaban J connectivity index is 3.11. The van der Waals surface area contributed by atoms with Gasteiger partial charge in [-0.05, 0) is 6.42 Å². The molecule has 540 valence electrons. The maximum atomic E-state index is 12.0. The molecule has 0 saturated heterocycles. The van der Waals surface area contributed by atoms with Crippen molar-refractivity contribution in [3.8, 4) is 0 Å². The Morgan fingerprint density at radius 3 is 0.522 bits per heavy atom. The van der Waals surface area contributed by atoms with Crippen molar-refractivity contribution in [2.24, 2.45) is 5.73 Å². The summed E-state index contributed by atoms with van der Waals surface area (Å²) in [6.07, 6.45) is 17.6. The van der Waals surface area contributed by atoms with Crippen LogP contribution < -0.4 is 11.1 Å². The number of unbranched alkanes of at least 4 members (excludes halogenated alkanes) is 12. The summed E-state index contributed by atoms with van der Waals surface area (Å²) < 4.78 is 127. The van der Waals surface area contributed by atoms with E-state index in [1.165, 1.54) is 70.6 Å². The Morgan fingerprint density at radius 2 is 0.356 bits per heavy atom. The molecule has 0 aliphatic heterocycles. The van der Waals surface area contributed by atoms with Crippen molar-refractivity contribution in [1.82, 2.24) is 5.32 Å². The second-order valence-corrected chi connectivity index (χ2v) is 20.2. The van der Waals surface area contributed by atoms with E-state index in [0.717, 1.165) is 12.8 Å². The predicted octanol–water partition coefficient (Wildman–Crippen LogP) is 4.92. The molecule has 0 aromatic carbocycles. The van der Waals surface area contributed by atoms with Crippen LogP contribution in [0, 0.1) is 0 Å². The van der Waals surface area contributed by atoms with Crippen LogP contribution >= 0.6 is 0 Å². The average Bonchev–Trinajstić information content (AvgIpc) is 3.55. The standard InChI is InChI=1S/C64H130N2O24/c1-2-3-4-5-6-7-8-9-10-11-12-13-14-15-64(67)66-17-19-69-21-23-71-25-27-73-29-31-75-33-35-77-37-39-79-41-43-81-45-47-83-49-51-85-53-55-87-57-59-89-61-63-90-62-60-88-58-56-86-54-52-84-50-48-82-46-44-80-42-40-78-38-36-76-34-32-74-30-28-72-26-24-70-22-20-68-18-16-65/h2-63,65H2,1H3,(H,66,67). The maximum absolute atomic E-state index is 12.0. The summed E-state index contributed by atoms with van der Waals surface area (Å²) in [4.78, 5) is 12.0. The summed E-state index contributed by atoms with van der Waals surface area (Å²) in [6, 6.07) is 0. The summed E-state index contributed by atoms with van der Waals surface area (Å²) in [6.45, 7) is 26.1. The lowest BCUT2D eigenvalue weighted by Gasteiger charge is -2.09. The molecule has 0 radical (unpaired) electrons. The molecule has 0 spiro atoms. The van der Waals surface area contributed by atoms with Gasteiger partial charge >= 0.3 is 0 Å². The van der Waals surface area contributed by atoms with E-state index >= 15 is 0 Å². The van der Waals surface area contributed by atoms with Crippen molar-refractivity contribution in [2.45, 2.75) is 96.8 Å². The molecule has 0 aliphatic carbocycles. The molecule has 0 unspecified atom stereocenters. The van der Waals surface area contributed by atoms with E-state index in [1.54, 1.807) is 0 Å². The molecule has 1 amide bonds. The van der Waals surface area contributed by atoms with Crippen LogP contribution in [0.15, 0.2) is 0 Å². The zero-order valence-electron chi connectivity index (χ0n) is 56.2. The summed E-state index contributed by atoms with van der Waals surface area (Å²) in [5, 5.41) is 2.94. The minimum absolute atomic E-state index is 0.112. The molecule has 0 aromatic heterocycles. The van der Waals surface area contributed by atoms with Gasteiger partial charge in [0.25, 0.3) is 0 Å². The van der Waals surface area contributed by atoms with E-state index in [4.69, 9.17) is 115 Å². The molecule has 0 fully saturated rings. The van der Waals surface area contributed by atoms with Gasteiger partial charge in [0.1, 0.15) is 0 Å². The van der Waals surface area contributed by atoms with Crippen LogP contribution in [0.4, 0.5) is 0 Å². The molecule has 26 heteroatoms. The highest BCUT2D eigenvalue weighted by Gasteiger charge is 2.04. The number of carbonyl (C=O) groups is 1. The van der Waals surface area contributed by atoms with Crippen LogP contribution in [0.3, 0.4) is 0 Å². The fourth-order valence-electron chi connectivity index (χ4n) is 7.68. The van der Waals surface area contributed by atoms with Crippen LogP contribution in [0.2, 0.25) is 0 Å². The molecule has 26 nitrogen and oxygen atoms in total. The zero-order chi connectivity index (χ0) is 64.4. The van der Waals surface area contributed by atoms with Crippen molar-refractivity contribution in [3.05, 3.63) is 0 Å². The number of carbonyl (C=O) groups excluding carboxylic acids is 1. The lowest BCUT2D eigenvalue weighted by Crippen LogP contribution is -2.27. The van der Waals surface area contributed by atoms with Gasteiger partial charge in [-0.15, -0.1) is 0 Å². The van der Waals surface area contributed by atoms with Gasteiger partial charge in [-0.25, -0.2) is 0 Å². The fraction of sp³-hybridized carbons (Fsp3) is 0.984. The molecule has 0 rings (SSSR count). The third-order valence-corrected chi connectivity index (χ3v) is 12.5. The monoisotopic (exact) mass is 1310 g/mol. The molecular formula is C64H130N2O24. The average molecular weight is 1310 g/mol. The van der Waals surface area contributed by atoms with Crippen molar-refractivity contribution in [3.63, 3.8) is 0 Å². The first-order chi connectivity index (χ1) is 44.8. The number of nitrogens with one attached hydrogen (secondary N) is 1. The van der Waals surface area contributed by atoms with E-state index in [9.17, 15) is 4.79 Å². The minimum atomic E-state index is 0.112. The molecule has 0 bridgehead atoms. The Hall–Kier alpha value is -1.49. The molecule has 0 heterocycles. The van der Waals surface area contributed by atoms with Crippen LogP contribution in [-0.4, -0.2) is 323 Å². The smallest absolute Gasteiger partial charge is 0.220 e. The van der Waals surface area contributed by atoms with Gasteiger partial charge in [-0.1, -0.05) is 84.0 Å². The largest absolute Gasteiger partial charge is 0.378 e. The van der Waals surface area contributed by atoms with Crippen LogP contribution in [0.1, 0.15) is 96.8 Å². The molecule has 0 aliphatic rings. The van der Waals surface area contributed by atoms with E-state index in [0.29, 0.717) is 323 Å². The van der Waals surface area contributed by atoms with Crippen LogP contribution in [0.5, 0.6) is 0 Å². The van der Waals surface area contributed by atoms with Gasteiger partial charge in [-0.2, -0.15) is 0 Å². The second-order valence-electron chi connectivity index (χ2n) is 20.2. The third-order valence-electron chi connectivity index (χ3n) is 12.5. The topological polar surface area (TPSA) is 267 Å². The van der Waals surface area contributed by atoms with Crippen molar-refractivity contribution < 1.29 is 114 Å². The Kier molecular flexibility index (Phi) is 84.1. The zero-order valence-corrected chi connectivity index (χ0v) is 56.2. The van der Waals surface area contributed by atoms with E-state index < -0.39 is 0 Å². The lowest BCUT2D eigenvalue weighted by atomic mass is 10.0. The van der Waals surface area contributed by atoms with Crippen molar-refractivity contribution in [2.75, 3.05) is 317 Å². The highest BCUT2D eigenvalue weighted by Crippen LogP contribution is 2.13. The normalized spacial score (nSPS) is 11.7. The summed E-state index contributed by atoms with van der Waals surface area (Å²) in [7, 11) is 0. The minimum Gasteiger partial charge on any atom is -0.378 e. The number of amides is 1. The maximum Gasteiger partial charge on any atom is 0.220 e. The lowest BCUT2D eigenvalue weighted by molar-refractivity contribution is -0.121. The molecular weight excluding hydrogens is 1180 g/mol. The predicted molar refractivity (Wildman–Crippen MR) is 341 cm³/mol. The molecule has 0 aromatic rings. The summed E-state index contributed by atoms with van der Waals surface area (Å²) >= 11 is 0. The summed E-state index contributed by atoms with van der Waals surface area (Å²) in [5.41, 5.74) is 5.35. The Bertz CT molecular complexity index is 1280. The third kappa shape index (κ3) is 84.5. The van der Waals surface area contributed by atoms with Crippen molar-refractivity contribution in [1.29, 1.82) is 0 Å². The second kappa shape index (κ2) is 85.5. The number of hydrogen-bond acceptors (Lipinski definition) is 25. The molecule has 3 N–H and O–H groups in total. The summed E-state index contributed by atoms with van der Waals surface area (Å²) in [5.74, 6) is 0.112. The van der Waals surface area contributed by atoms with Gasteiger partial charge in [0.15, 0.2) is 0 Å². The van der Waals surface area contributed by atoms with E-state index in [1.807, 2.05) is 0 Å². The molecule has 0 atom stereocenters. The molecule has 90 heavy (non-hydrogen) atoms. The van der Waals surface area contributed by atoms with Gasteiger partial charge in [0, 0.05) is 19.5 Å². The van der Waals surface area contributed by atoms with Gasteiger partial charge in [-0.3, -0.25) is 4.79 Å². The molecule has 0 saturated carbocycles. The van der Waals surface area contributed by atoms with Crippen molar-refractivity contribution >= 4 is 5.91 Å². The number of rotatable bonds is 85. The van der Waals surface area contributed by atoms with E-state index in [2.05, 4.69) is 12.2 Å². The number of hydrogen-bond donors (Lipinski definition) is 2. The van der Waals surface area contributed by atoms with Gasteiger partial charge < -0.3 is 120 Å². The first-order valence-electron chi connectivity index (χ1n) is 34.1. The number of ether oxygens (including phenoxy) is 23. The fourth-order valence-corrected chi connectivity index (χ4v) is 7.68. The first kappa shape index (κ1) is 88.5. The Labute approximate surface area is 542 Å². The Morgan fingerprint density at radius 1 is 0.211 bits per heavy atom. The SMILES string of the molecule is CCCCCCCCCCCCCCCC(=O)NCCOCCOCCOCCOCCOCCOCCOCCOCCOCCOCCOCCOCCOCCOCCOCCOCCOCCOCCOCCOCCOCCOCCOCCN. The van der Waals surface area contributed by atoms with Gasteiger partial charge in [0.2, 0.25) is 5.91 Å². The number of nitrogens with two attached hydrogens (primary N) is 1. The van der Waals surface area contributed by atoms with Crippen LogP contribution in [0.25, 0.3) is 0 Å². The highest BCUT2D eigenvalue weighted by molar-refractivity contribution is 5.75. The van der Waals surface area contributed by atoms with Gasteiger partial charge in [0.05, 0.1) is 304 Å². The highest BCUT2D eigenvalue weighted by atomic mass is 16.6. The van der Waals surface area contributed by atoms with E-state index in [-0.39, 0.29) is 5.91 Å².